The van der Waals surface area contributed by atoms with Crippen LogP contribution in [0.25, 0.3) is 0 Å². The number of carbonyl (C=O) groups excluding carboxylic acids is 1. The van der Waals surface area contributed by atoms with Gasteiger partial charge in [0.05, 0.1) is 6.54 Å². The summed E-state index contributed by atoms with van der Waals surface area (Å²) in [4.78, 5) is 15.9. The SMILES string of the molecule is O=C(CNc1ccc(Oc2ccncc2)cc1)Nc1ccc(Cl)cc1. The van der Waals surface area contributed by atoms with Crippen LogP contribution in [0.15, 0.2) is 73.1 Å². The summed E-state index contributed by atoms with van der Waals surface area (Å²) < 4.78 is 5.69. The molecule has 0 saturated carbocycles. The van der Waals surface area contributed by atoms with Crippen molar-refractivity contribution in [3.05, 3.63) is 78.1 Å². The lowest BCUT2D eigenvalue weighted by Gasteiger charge is -2.09. The highest BCUT2D eigenvalue weighted by Crippen LogP contribution is 2.22. The topological polar surface area (TPSA) is 63.2 Å². The van der Waals surface area contributed by atoms with Crippen LogP contribution in [0.4, 0.5) is 11.4 Å². The maximum absolute atomic E-state index is 11.9. The molecule has 0 aliphatic heterocycles. The number of nitrogens with one attached hydrogen (secondary N) is 2. The number of rotatable bonds is 6. The number of amides is 1. The molecular weight excluding hydrogens is 338 g/mol. The minimum atomic E-state index is -0.139. The summed E-state index contributed by atoms with van der Waals surface area (Å²) in [5.41, 5.74) is 1.53. The molecule has 3 rings (SSSR count). The average Bonchev–Trinajstić information content (AvgIpc) is 2.64. The van der Waals surface area contributed by atoms with E-state index in [0.717, 1.165) is 11.4 Å². The summed E-state index contributed by atoms with van der Waals surface area (Å²) in [6, 6.07) is 17.9. The Kier molecular flexibility index (Phi) is 5.49. The zero-order valence-electron chi connectivity index (χ0n) is 13.3. The lowest BCUT2D eigenvalue weighted by Crippen LogP contribution is -2.21. The first-order chi connectivity index (χ1) is 12.2. The van der Waals surface area contributed by atoms with Gasteiger partial charge in [-0.25, -0.2) is 0 Å². The predicted molar refractivity (Wildman–Crippen MR) is 99.3 cm³/mol. The van der Waals surface area contributed by atoms with Crippen LogP contribution < -0.4 is 15.4 Å². The summed E-state index contributed by atoms with van der Waals surface area (Å²) >= 11 is 5.81. The third-order valence-electron chi connectivity index (χ3n) is 3.32. The van der Waals surface area contributed by atoms with E-state index in [2.05, 4.69) is 15.6 Å². The Hall–Kier alpha value is -3.05. The van der Waals surface area contributed by atoms with Crippen LogP contribution in [-0.4, -0.2) is 17.4 Å². The molecule has 1 heterocycles. The lowest BCUT2D eigenvalue weighted by molar-refractivity contribution is -0.114. The van der Waals surface area contributed by atoms with Crippen molar-refractivity contribution in [1.29, 1.82) is 0 Å². The van der Waals surface area contributed by atoms with Gasteiger partial charge in [0.25, 0.3) is 0 Å². The Morgan fingerprint density at radius 1 is 0.880 bits per heavy atom. The minimum Gasteiger partial charge on any atom is -0.457 e. The monoisotopic (exact) mass is 353 g/mol. The smallest absolute Gasteiger partial charge is 0.243 e. The second-order valence-electron chi connectivity index (χ2n) is 5.22. The number of aromatic nitrogens is 1. The van der Waals surface area contributed by atoms with Crippen LogP contribution in [0.5, 0.6) is 11.5 Å². The van der Waals surface area contributed by atoms with E-state index in [9.17, 15) is 4.79 Å². The van der Waals surface area contributed by atoms with Gasteiger partial charge in [-0.1, -0.05) is 11.6 Å². The molecule has 0 aliphatic carbocycles. The number of pyridine rings is 1. The van der Waals surface area contributed by atoms with Crippen molar-refractivity contribution in [1.82, 2.24) is 4.98 Å². The summed E-state index contributed by atoms with van der Waals surface area (Å²) in [6.07, 6.45) is 3.34. The molecule has 0 fully saturated rings. The molecule has 3 aromatic rings. The zero-order chi connectivity index (χ0) is 17.5. The van der Waals surface area contributed by atoms with Gasteiger partial charge in [0.2, 0.25) is 5.91 Å². The largest absolute Gasteiger partial charge is 0.457 e. The first kappa shape index (κ1) is 16.8. The number of anilines is 2. The third-order valence-corrected chi connectivity index (χ3v) is 3.57. The first-order valence-corrected chi connectivity index (χ1v) is 8.04. The molecule has 0 atom stereocenters. The number of benzene rings is 2. The van der Waals surface area contributed by atoms with Crippen LogP contribution in [-0.2, 0) is 4.79 Å². The van der Waals surface area contributed by atoms with Gasteiger partial charge in [0.15, 0.2) is 0 Å². The molecule has 0 bridgehead atoms. The molecule has 0 aliphatic rings. The summed E-state index contributed by atoms with van der Waals surface area (Å²) in [5, 5.41) is 6.49. The van der Waals surface area contributed by atoms with E-state index in [-0.39, 0.29) is 12.5 Å². The number of ether oxygens (including phenoxy) is 1. The van der Waals surface area contributed by atoms with E-state index in [1.54, 1.807) is 48.8 Å². The fraction of sp³-hybridized carbons (Fsp3) is 0.0526. The van der Waals surface area contributed by atoms with Gasteiger partial charge in [0, 0.05) is 28.8 Å². The first-order valence-electron chi connectivity index (χ1n) is 7.66. The number of carbonyl (C=O) groups is 1. The van der Waals surface area contributed by atoms with Crippen molar-refractivity contribution >= 4 is 28.9 Å². The predicted octanol–water partition coefficient (Wildman–Crippen LogP) is 4.58. The van der Waals surface area contributed by atoms with E-state index in [4.69, 9.17) is 16.3 Å². The molecular formula is C19H16ClN3O2. The van der Waals surface area contributed by atoms with E-state index >= 15 is 0 Å². The molecule has 2 aromatic carbocycles. The number of nitrogens with zero attached hydrogens (tertiary/aromatic N) is 1. The zero-order valence-corrected chi connectivity index (χ0v) is 14.0. The van der Waals surface area contributed by atoms with Crippen molar-refractivity contribution in [2.24, 2.45) is 0 Å². The minimum absolute atomic E-state index is 0.139. The van der Waals surface area contributed by atoms with Crippen molar-refractivity contribution < 1.29 is 9.53 Å². The van der Waals surface area contributed by atoms with E-state index in [1.807, 2.05) is 24.3 Å². The highest BCUT2D eigenvalue weighted by Gasteiger charge is 2.03. The Morgan fingerprint density at radius 3 is 2.16 bits per heavy atom. The summed E-state index contributed by atoms with van der Waals surface area (Å²) in [7, 11) is 0. The van der Waals surface area contributed by atoms with Crippen LogP contribution in [0.3, 0.4) is 0 Å². The van der Waals surface area contributed by atoms with Crippen LogP contribution in [0.2, 0.25) is 5.02 Å². The Labute approximate surface area is 150 Å². The molecule has 0 saturated heterocycles. The number of hydrogen-bond donors (Lipinski definition) is 2. The molecule has 0 unspecified atom stereocenters. The van der Waals surface area contributed by atoms with Gasteiger partial charge in [-0.05, 0) is 60.7 Å². The van der Waals surface area contributed by atoms with E-state index in [1.165, 1.54) is 0 Å². The fourth-order valence-electron chi connectivity index (χ4n) is 2.10. The van der Waals surface area contributed by atoms with Gasteiger partial charge in [0.1, 0.15) is 11.5 Å². The van der Waals surface area contributed by atoms with Crippen molar-refractivity contribution in [3.8, 4) is 11.5 Å². The number of halogens is 1. The maximum Gasteiger partial charge on any atom is 0.243 e. The van der Waals surface area contributed by atoms with Gasteiger partial charge in [-0.3, -0.25) is 9.78 Å². The second kappa shape index (κ2) is 8.17. The molecule has 1 amide bonds. The molecule has 0 radical (unpaired) electrons. The number of hydrogen-bond acceptors (Lipinski definition) is 4. The Balaban J connectivity index is 1.49. The quantitative estimate of drug-likeness (QED) is 0.681. The normalized spacial score (nSPS) is 10.1. The van der Waals surface area contributed by atoms with Gasteiger partial charge >= 0.3 is 0 Å². The maximum atomic E-state index is 11.9. The van der Waals surface area contributed by atoms with Crippen molar-refractivity contribution in [2.45, 2.75) is 0 Å². The standard InChI is InChI=1S/C19H16ClN3O2/c20-14-1-3-16(4-2-14)23-19(24)13-22-15-5-7-17(8-6-15)25-18-9-11-21-12-10-18/h1-12,22H,13H2,(H,23,24). The van der Waals surface area contributed by atoms with E-state index < -0.39 is 0 Å². The summed E-state index contributed by atoms with van der Waals surface area (Å²) in [6.45, 7) is 0.160. The van der Waals surface area contributed by atoms with Gasteiger partial charge < -0.3 is 15.4 Å². The van der Waals surface area contributed by atoms with Gasteiger partial charge in [-0.15, -0.1) is 0 Å². The van der Waals surface area contributed by atoms with Crippen molar-refractivity contribution in [2.75, 3.05) is 17.2 Å². The van der Waals surface area contributed by atoms with Crippen molar-refractivity contribution in [3.63, 3.8) is 0 Å². The van der Waals surface area contributed by atoms with Crippen LogP contribution in [0.1, 0.15) is 0 Å². The van der Waals surface area contributed by atoms with Gasteiger partial charge in [-0.2, -0.15) is 0 Å². The molecule has 0 spiro atoms. The fourth-order valence-corrected chi connectivity index (χ4v) is 2.23. The van der Waals surface area contributed by atoms with E-state index in [0.29, 0.717) is 16.5 Å². The average molecular weight is 354 g/mol. The lowest BCUT2D eigenvalue weighted by atomic mass is 10.3. The van der Waals surface area contributed by atoms with Crippen LogP contribution >= 0.6 is 11.6 Å². The Morgan fingerprint density at radius 2 is 1.48 bits per heavy atom. The highest BCUT2D eigenvalue weighted by atomic mass is 35.5. The molecule has 25 heavy (non-hydrogen) atoms. The molecule has 6 heteroatoms. The summed E-state index contributed by atoms with van der Waals surface area (Å²) in [5.74, 6) is 1.29. The Bertz CT molecular complexity index is 822. The molecule has 1 aromatic heterocycles. The molecule has 5 nitrogen and oxygen atoms in total. The molecule has 126 valence electrons. The second-order valence-corrected chi connectivity index (χ2v) is 5.65. The highest BCUT2D eigenvalue weighted by molar-refractivity contribution is 6.30. The third kappa shape index (κ3) is 5.22. The van der Waals surface area contributed by atoms with Crippen LogP contribution in [0, 0.1) is 0 Å². The molecule has 2 N–H and O–H groups in total.